The number of rotatable bonds is 30. The monoisotopic (exact) mass is 736 g/mol. The van der Waals surface area contributed by atoms with Crippen molar-refractivity contribution in [1.82, 2.24) is 0 Å². The minimum Gasteiger partial charge on any atom is -0.460 e. The highest BCUT2D eigenvalue weighted by Crippen LogP contribution is 2.32. The Morgan fingerprint density at radius 3 is 1.00 bits per heavy atom. The molecule has 0 unspecified atom stereocenters. The fourth-order valence-corrected chi connectivity index (χ4v) is 16.4. The first-order valence-electron chi connectivity index (χ1n) is 16.2. The van der Waals surface area contributed by atoms with Crippen molar-refractivity contribution >= 4 is 53.1 Å². The maximum absolute atomic E-state index is 11.2. The van der Waals surface area contributed by atoms with Crippen molar-refractivity contribution in [2.45, 2.75) is 82.3 Å². The van der Waals surface area contributed by atoms with Crippen molar-refractivity contribution in [3.8, 4) is 0 Å². The first kappa shape index (κ1) is 45.3. The Labute approximate surface area is 288 Å². The summed E-state index contributed by atoms with van der Waals surface area (Å²) in [7, 11) is -6.26. The van der Waals surface area contributed by atoms with Gasteiger partial charge in [-0.3, -0.25) is 0 Å². The molecule has 0 fully saturated rings. The van der Waals surface area contributed by atoms with Crippen molar-refractivity contribution in [2.75, 3.05) is 59.5 Å². The molecular formula is C31H60O12Si4. The summed E-state index contributed by atoms with van der Waals surface area (Å²) in [5, 5.41) is 0. The van der Waals surface area contributed by atoms with E-state index in [9.17, 15) is 14.4 Å². The molecule has 0 radical (unpaired) electrons. The number of carbonyl (C=O) groups is 3. The summed E-state index contributed by atoms with van der Waals surface area (Å²) in [4.78, 5) is 33.5. The summed E-state index contributed by atoms with van der Waals surface area (Å²) in [6.45, 7) is 26.3. The average molecular weight is 737 g/mol. The van der Waals surface area contributed by atoms with Gasteiger partial charge in [0.1, 0.15) is 30.1 Å². The van der Waals surface area contributed by atoms with Gasteiger partial charge in [0, 0.05) is 38.0 Å². The van der Waals surface area contributed by atoms with Gasteiger partial charge in [-0.25, -0.2) is 14.4 Å². The highest BCUT2D eigenvalue weighted by atomic mass is 28.4. The van der Waals surface area contributed by atoms with Crippen LogP contribution in [0.25, 0.3) is 0 Å². The van der Waals surface area contributed by atoms with E-state index in [-0.39, 0.29) is 19.8 Å². The van der Waals surface area contributed by atoms with Crippen molar-refractivity contribution in [2.24, 2.45) is 0 Å². The van der Waals surface area contributed by atoms with Crippen LogP contribution in [0, 0.1) is 0 Å². The van der Waals surface area contributed by atoms with Gasteiger partial charge in [-0.2, -0.15) is 0 Å². The fraction of sp³-hybridized carbons (Fsp3) is 0.710. The van der Waals surface area contributed by atoms with Crippen LogP contribution >= 0.6 is 0 Å². The van der Waals surface area contributed by atoms with Gasteiger partial charge in [0.05, 0.1) is 19.8 Å². The number of hydrogen-bond acceptors (Lipinski definition) is 12. The van der Waals surface area contributed by atoms with E-state index in [1.54, 1.807) is 0 Å². The topological polar surface area (TPSA) is 134 Å². The molecule has 0 aromatic carbocycles. The first-order valence-corrected chi connectivity index (χ1v) is 26.5. The molecule has 47 heavy (non-hydrogen) atoms. The largest absolute Gasteiger partial charge is 0.460 e. The van der Waals surface area contributed by atoms with E-state index >= 15 is 0 Å². The van der Waals surface area contributed by atoms with Gasteiger partial charge in [-0.05, 0) is 76.7 Å². The quantitative estimate of drug-likeness (QED) is 0.0263. The standard InChI is InChI=1S/C31H60O12Si4/c1-10-28(32)38-22-19-35-16-13-25-45(4,5)41-31(44,42-46(6,7)26-14-17-36-20-23-39-29(33)11-2)43-47(8,9)27-15-18-37-21-24-40-30(34)12-3/h10-12H,1-3,13-27H2,4-9,44H3. The molecule has 12 nitrogen and oxygen atoms in total. The molecule has 0 atom stereocenters. The predicted molar refractivity (Wildman–Crippen MR) is 193 cm³/mol. The van der Waals surface area contributed by atoms with Gasteiger partial charge in [0.25, 0.3) is 0 Å². The Kier molecular flexibility index (Phi) is 23.5. The van der Waals surface area contributed by atoms with Crippen molar-refractivity contribution in [3.05, 3.63) is 38.0 Å². The Balaban J connectivity index is 5.17. The van der Waals surface area contributed by atoms with Crippen LogP contribution < -0.4 is 0 Å². The van der Waals surface area contributed by atoms with Gasteiger partial charge < -0.3 is 41.7 Å². The molecule has 0 rings (SSSR count). The third-order valence-electron chi connectivity index (χ3n) is 6.50. The molecule has 0 saturated heterocycles. The molecule has 0 spiro atoms. The summed E-state index contributed by atoms with van der Waals surface area (Å²) in [6.07, 6.45) is 5.78. The molecule has 0 heterocycles. The highest BCUT2D eigenvalue weighted by Gasteiger charge is 2.44. The van der Waals surface area contributed by atoms with E-state index in [0.29, 0.717) is 49.9 Å². The second-order valence-corrected chi connectivity index (χ2v) is 26.6. The zero-order valence-corrected chi connectivity index (χ0v) is 34.9. The molecule has 272 valence electrons. The van der Waals surface area contributed by atoms with E-state index in [2.05, 4.69) is 59.0 Å². The maximum Gasteiger partial charge on any atom is 0.330 e. The van der Waals surface area contributed by atoms with Crippen LogP contribution in [0.15, 0.2) is 38.0 Å². The predicted octanol–water partition coefficient (Wildman–Crippen LogP) is 4.04. The minimum atomic E-state index is -2.26. The average Bonchev–Trinajstić information content (AvgIpc) is 2.97. The van der Waals surface area contributed by atoms with Crippen molar-refractivity contribution in [1.29, 1.82) is 0 Å². The molecule has 0 bridgehead atoms. The Morgan fingerprint density at radius 1 is 0.511 bits per heavy atom. The smallest absolute Gasteiger partial charge is 0.330 e. The lowest BCUT2D eigenvalue weighted by molar-refractivity contribution is -0.203. The molecule has 0 amide bonds. The van der Waals surface area contributed by atoms with Crippen molar-refractivity contribution < 1.29 is 56.1 Å². The van der Waals surface area contributed by atoms with E-state index in [4.69, 9.17) is 41.7 Å². The molecule has 0 aliphatic carbocycles. The minimum absolute atomic E-state index is 0.189. The highest BCUT2D eigenvalue weighted by molar-refractivity contribution is 6.74. The normalized spacial score (nSPS) is 12.4. The Morgan fingerprint density at radius 2 is 0.766 bits per heavy atom. The summed E-state index contributed by atoms with van der Waals surface area (Å²) < 4.78 is 52.4. The zero-order valence-electron chi connectivity index (χ0n) is 29.9. The lowest BCUT2D eigenvalue weighted by Crippen LogP contribution is -2.58. The third-order valence-corrected chi connectivity index (χ3v) is 15.8. The van der Waals surface area contributed by atoms with Crippen molar-refractivity contribution in [3.63, 3.8) is 0 Å². The van der Waals surface area contributed by atoms with Gasteiger partial charge in [-0.1, -0.05) is 19.7 Å². The van der Waals surface area contributed by atoms with Crippen LogP contribution in [0.4, 0.5) is 0 Å². The van der Waals surface area contributed by atoms with Gasteiger partial charge >= 0.3 is 17.9 Å². The Bertz CT molecular complexity index is 842. The summed E-state index contributed by atoms with van der Waals surface area (Å²) in [6, 6.07) is 2.53. The zero-order chi connectivity index (χ0) is 35.8. The fourth-order valence-electron chi connectivity index (χ4n) is 4.61. The van der Waals surface area contributed by atoms with E-state index < -0.39 is 48.5 Å². The molecule has 0 aliphatic rings. The maximum atomic E-state index is 11.2. The Hall–Kier alpha value is -1.74. The van der Waals surface area contributed by atoms with Crippen LogP contribution in [-0.4, -0.2) is 118 Å². The second-order valence-electron chi connectivity index (χ2n) is 12.7. The van der Waals surface area contributed by atoms with Crippen LogP contribution in [0.3, 0.4) is 0 Å². The van der Waals surface area contributed by atoms with Gasteiger partial charge in [0.15, 0.2) is 25.0 Å². The summed E-state index contributed by atoms with van der Waals surface area (Å²) >= 11 is 0. The molecule has 0 aromatic heterocycles. The molecule has 0 aliphatic heterocycles. The number of ether oxygens (including phenoxy) is 6. The first-order chi connectivity index (χ1) is 22.0. The number of carbonyl (C=O) groups excluding carboxylic acids is 3. The van der Waals surface area contributed by atoms with Crippen LogP contribution in [-0.2, 0) is 56.1 Å². The third kappa shape index (κ3) is 25.9. The van der Waals surface area contributed by atoms with E-state index in [1.807, 2.05) is 0 Å². The summed E-state index contributed by atoms with van der Waals surface area (Å²) in [5.74, 6) is -1.39. The van der Waals surface area contributed by atoms with Crippen LogP contribution in [0.5, 0.6) is 0 Å². The number of esters is 3. The second kappa shape index (κ2) is 24.4. The SMILES string of the molecule is C=CC(=O)OCCOCCC[Si](C)(C)OC([SiH3])(O[Si](C)(C)CCCOCCOC(=O)C=C)O[Si](C)(C)CCCOCCOC(=O)C=C. The lowest BCUT2D eigenvalue weighted by atomic mass is 10.5. The molecule has 16 heteroatoms. The van der Waals surface area contributed by atoms with Crippen LogP contribution in [0.1, 0.15) is 19.3 Å². The van der Waals surface area contributed by atoms with E-state index in [1.165, 1.54) is 0 Å². The van der Waals surface area contributed by atoms with Gasteiger partial charge in [0.2, 0.25) is 5.60 Å². The molecular weight excluding hydrogens is 677 g/mol. The molecule has 0 saturated carbocycles. The lowest BCUT2D eigenvalue weighted by Gasteiger charge is -2.46. The van der Waals surface area contributed by atoms with Gasteiger partial charge in [-0.15, -0.1) is 0 Å². The number of hydrogen-bond donors (Lipinski definition) is 0. The molecule has 0 N–H and O–H groups in total. The van der Waals surface area contributed by atoms with Crippen LogP contribution in [0.2, 0.25) is 57.4 Å². The molecule has 0 aromatic rings. The van der Waals surface area contributed by atoms with E-state index in [0.717, 1.165) is 55.6 Å². The summed E-state index contributed by atoms with van der Waals surface area (Å²) in [5.41, 5.74) is -1.08.